The van der Waals surface area contributed by atoms with Gasteiger partial charge in [0, 0.05) is 46.6 Å². The molecule has 0 saturated heterocycles. The van der Waals surface area contributed by atoms with Gasteiger partial charge in [-0.2, -0.15) is 0 Å². The Morgan fingerprint density at radius 1 is 0.692 bits per heavy atom. The van der Waals surface area contributed by atoms with Crippen LogP contribution in [-0.4, -0.2) is 33.2 Å². The van der Waals surface area contributed by atoms with E-state index in [4.69, 9.17) is 29.7 Å². The second-order valence-electron chi connectivity index (χ2n) is 1.56. The van der Waals surface area contributed by atoms with E-state index in [1.54, 1.807) is 0 Å². The maximum Gasteiger partial charge on any atom is 0.300 e. The van der Waals surface area contributed by atoms with Gasteiger partial charge < -0.3 is 15.3 Å². The number of carboxylic acid groups (broad SMARTS) is 3. The third-order valence-corrected chi connectivity index (χ3v) is 0. The van der Waals surface area contributed by atoms with Crippen LogP contribution < -0.4 is 0 Å². The molecule has 6 nitrogen and oxygen atoms in total. The van der Waals surface area contributed by atoms with Gasteiger partial charge in [0.05, 0.1) is 0 Å². The van der Waals surface area contributed by atoms with Gasteiger partial charge in [-0.25, -0.2) is 0 Å². The Morgan fingerprint density at radius 2 is 0.692 bits per heavy atom. The van der Waals surface area contributed by atoms with Gasteiger partial charge in [0.25, 0.3) is 17.9 Å². The second kappa shape index (κ2) is 17.4. The molecule has 0 heterocycles. The maximum absolute atomic E-state index is 9.00. The summed E-state index contributed by atoms with van der Waals surface area (Å²) in [6.07, 6.45) is 0. The van der Waals surface area contributed by atoms with E-state index in [0.29, 0.717) is 0 Å². The van der Waals surface area contributed by atoms with Crippen LogP contribution >= 0.6 is 0 Å². The summed E-state index contributed by atoms with van der Waals surface area (Å²) >= 11 is 0. The molecule has 7 heteroatoms. The molecule has 0 amide bonds. The van der Waals surface area contributed by atoms with Crippen LogP contribution in [0.1, 0.15) is 20.8 Å². The van der Waals surface area contributed by atoms with E-state index in [2.05, 4.69) is 0 Å². The molecule has 0 rings (SSSR count). The molecule has 0 bridgehead atoms. The van der Waals surface area contributed by atoms with Crippen LogP contribution in [0.3, 0.4) is 0 Å². The first kappa shape index (κ1) is 22.8. The van der Waals surface area contributed by atoms with E-state index >= 15 is 0 Å². The van der Waals surface area contributed by atoms with Crippen LogP contribution in [0.2, 0.25) is 0 Å². The number of hydrogen-bond donors (Lipinski definition) is 3. The summed E-state index contributed by atoms with van der Waals surface area (Å²) in [6, 6.07) is 0. The molecule has 13 heavy (non-hydrogen) atoms. The fourth-order valence-electron chi connectivity index (χ4n) is 0. The summed E-state index contributed by atoms with van der Waals surface area (Å²) in [6.45, 7) is 3.25. The summed E-state index contributed by atoms with van der Waals surface area (Å²) in [5.41, 5.74) is 0. The average Bonchev–Trinajstić information content (AvgIpc) is 1.54. The Labute approximate surface area is 94.4 Å². The van der Waals surface area contributed by atoms with Crippen LogP contribution in [0.15, 0.2) is 0 Å². The zero-order valence-corrected chi connectivity index (χ0v) is 9.45. The fourth-order valence-corrected chi connectivity index (χ4v) is 0. The summed E-state index contributed by atoms with van der Waals surface area (Å²) < 4.78 is 0. The molecule has 0 aliphatic heterocycles. The molecule has 0 atom stereocenters. The monoisotopic (exact) mass is 225 g/mol. The summed E-state index contributed by atoms with van der Waals surface area (Å²) in [4.78, 5) is 27.0. The summed E-state index contributed by atoms with van der Waals surface area (Å²) in [5.74, 6) is -2.50. The zero-order valence-electron chi connectivity index (χ0n) is 7.64. The van der Waals surface area contributed by atoms with Crippen molar-refractivity contribution in [3.63, 3.8) is 0 Å². The van der Waals surface area contributed by atoms with Crippen LogP contribution in [0.4, 0.5) is 0 Å². The standard InChI is InChI=1S/3C2H4O2.Sc/c3*1-2(3)4;/h3*1H3,(H,3,4);. The van der Waals surface area contributed by atoms with Crippen LogP contribution in [0.5, 0.6) is 0 Å². The molecule has 0 unspecified atom stereocenters. The molecule has 75 valence electrons. The topological polar surface area (TPSA) is 112 Å². The van der Waals surface area contributed by atoms with Crippen molar-refractivity contribution in [3.8, 4) is 0 Å². The smallest absolute Gasteiger partial charge is 0.300 e. The molecule has 0 saturated carbocycles. The van der Waals surface area contributed by atoms with Gasteiger partial charge in [0.1, 0.15) is 0 Å². The van der Waals surface area contributed by atoms with E-state index in [1.807, 2.05) is 0 Å². The molecule has 0 aromatic carbocycles. The van der Waals surface area contributed by atoms with E-state index in [9.17, 15) is 0 Å². The average molecular weight is 225 g/mol. The van der Waals surface area contributed by atoms with E-state index in [-0.39, 0.29) is 25.8 Å². The van der Waals surface area contributed by atoms with Crippen molar-refractivity contribution in [2.24, 2.45) is 0 Å². The molecule has 0 spiro atoms. The minimum Gasteiger partial charge on any atom is -0.481 e. The van der Waals surface area contributed by atoms with Crippen molar-refractivity contribution in [1.82, 2.24) is 0 Å². The third kappa shape index (κ3) is 1870. The van der Waals surface area contributed by atoms with Gasteiger partial charge >= 0.3 is 0 Å². The third-order valence-electron chi connectivity index (χ3n) is 0. The van der Waals surface area contributed by atoms with Gasteiger partial charge in [-0.1, -0.05) is 0 Å². The Kier molecular flexibility index (Phi) is 30.5. The van der Waals surface area contributed by atoms with Gasteiger partial charge in [0.2, 0.25) is 0 Å². The molecule has 0 aliphatic rings. The van der Waals surface area contributed by atoms with Gasteiger partial charge in [-0.15, -0.1) is 0 Å². The first-order valence-corrected chi connectivity index (χ1v) is 2.78. The molecule has 1 radical (unpaired) electrons. The second-order valence-corrected chi connectivity index (χ2v) is 1.56. The molecule has 3 N–H and O–H groups in total. The van der Waals surface area contributed by atoms with Crippen molar-refractivity contribution in [1.29, 1.82) is 0 Å². The Balaban J connectivity index is -0.0000000450. The Bertz CT molecular complexity index is 115. The fraction of sp³-hybridized carbons (Fsp3) is 0.500. The molecule has 0 aromatic heterocycles. The van der Waals surface area contributed by atoms with Gasteiger partial charge in [0.15, 0.2) is 0 Å². The Morgan fingerprint density at radius 3 is 0.692 bits per heavy atom. The Hall–Kier alpha value is -0.720. The van der Waals surface area contributed by atoms with Crippen molar-refractivity contribution in [3.05, 3.63) is 0 Å². The molecule has 0 fully saturated rings. The number of carbonyl (C=O) groups is 3. The van der Waals surface area contributed by atoms with E-state index in [1.165, 1.54) is 0 Å². The van der Waals surface area contributed by atoms with E-state index < -0.39 is 17.9 Å². The quantitative estimate of drug-likeness (QED) is 0.545. The van der Waals surface area contributed by atoms with Crippen LogP contribution in [-0.2, 0) is 40.2 Å². The van der Waals surface area contributed by atoms with Crippen molar-refractivity contribution in [2.45, 2.75) is 20.8 Å². The molecule has 0 aromatic rings. The number of rotatable bonds is 0. The first-order valence-electron chi connectivity index (χ1n) is 2.78. The van der Waals surface area contributed by atoms with Crippen LogP contribution in [0, 0.1) is 0 Å². The van der Waals surface area contributed by atoms with Crippen LogP contribution in [0.25, 0.3) is 0 Å². The SMILES string of the molecule is CC(=O)O.CC(=O)O.CC(=O)O.[Sc]. The molecular formula is C6H12O6Sc. The van der Waals surface area contributed by atoms with Crippen molar-refractivity contribution in [2.75, 3.05) is 0 Å². The first-order chi connectivity index (χ1) is 5.20. The van der Waals surface area contributed by atoms with Gasteiger partial charge in [-0.3, -0.25) is 14.4 Å². The number of carboxylic acids is 3. The van der Waals surface area contributed by atoms with Gasteiger partial charge in [-0.05, 0) is 0 Å². The van der Waals surface area contributed by atoms with E-state index in [0.717, 1.165) is 20.8 Å². The number of hydrogen-bond acceptors (Lipinski definition) is 3. The molecular weight excluding hydrogens is 213 g/mol. The van der Waals surface area contributed by atoms with Crippen molar-refractivity contribution >= 4 is 17.9 Å². The number of aliphatic carboxylic acids is 3. The summed E-state index contributed by atoms with van der Waals surface area (Å²) in [7, 11) is 0. The normalized spacial score (nSPS) is 5.77. The minimum absolute atomic E-state index is 0. The summed E-state index contributed by atoms with van der Waals surface area (Å²) in [5, 5.41) is 22.2. The maximum atomic E-state index is 9.00. The predicted octanol–water partition coefficient (Wildman–Crippen LogP) is 0.270. The molecule has 0 aliphatic carbocycles. The largest absolute Gasteiger partial charge is 0.481 e. The zero-order chi connectivity index (χ0) is 10.7. The minimum atomic E-state index is -0.833. The van der Waals surface area contributed by atoms with Crippen molar-refractivity contribution < 1.29 is 55.5 Å². The predicted molar refractivity (Wildman–Crippen MR) is 39.9 cm³/mol.